The van der Waals surface area contributed by atoms with Crippen LogP contribution in [0.15, 0.2) is 48.5 Å². The van der Waals surface area contributed by atoms with E-state index in [0.29, 0.717) is 25.8 Å². The number of ether oxygens (including phenoxy) is 1. The van der Waals surface area contributed by atoms with Crippen LogP contribution in [0.4, 0.5) is 4.79 Å². The number of rotatable bonds is 6. The maximum absolute atomic E-state index is 13.0. The molecule has 7 heteroatoms. The van der Waals surface area contributed by atoms with Crippen LogP contribution in [0.3, 0.4) is 0 Å². The van der Waals surface area contributed by atoms with Crippen molar-refractivity contribution < 1.29 is 24.2 Å². The summed E-state index contributed by atoms with van der Waals surface area (Å²) in [5.74, 6) is -1.23. The first-order valence-corrected chi connectivity index (χ1v) is 11.5. The van der Waals surface area contributed by atoms with Crippen molar-refractivity contribution in [2.24, 2.45) is 5.41 Å². The van der Waals surface area contributed by atoms with E-state index >= 15 is 0 Å². The molecule has 174 valence electrons. The molecule has 7 nitrogen and oxygen atoms in total. The number of fused-ring (bicyclic) bond motifs is 3. The number of carbonyl (C=O) groups is 3. The van der Waals surface area contributed by atoms with Crippen LogP contribution in [-0.4, -0.2) is 53.7 Å². The molecule has 2 N–H and O–H groups in total. The quantitative estimate of drug-likeness (QED) is 0.693. The van der Waals surface area contributed by atoms with Crippen LogP contribution in [0.5, 0.6) is 0 Å². The molecule has 1 heterocycles. The van der Waals surface area contributed by atoms with Gasteiger partial charge in [0, 0.05) is 19.0 Å². The molecule has 2 atom stereocenters. The van der Waals surface area contributed by atoms with Gasteiger partial charge in [0.05, 0.1) is 5.41 Å². The Morgan fingerprint density at radius 2 is 1.73 bits per heavy atom. The predicted molar refractivity (Wildman–Crippen MR) is 124 cm³/mol. The maximum atomic E-state index is 13.0. The number of benzene rings is 2. The van der Waals surface area contributed by atoms with E-state index in [0.717, 1.165) is 22.3 Å². The SMILES string of the molecule is CCC(NC(=O)OCC1c2ccccc2-c2ccccc21)C(=O)N1CCCC(C)(C(=O)O)C1. The molecule has 2 unspecified atom stereocenters. The highest BCUT2D eigenvalue weighted by Gasteiger charge is 2.40. The van der Waals surface area contributed by atoms with Crippen LogP contribution < -0.4 is 5.32 Å². The van der Waals surface area contributed by atoms with Gasteiger partial charge in [-0.3, -0.25) is 9.59 Å². The molecule has 1 saturated heterocycles. The largest absolute Gasteiger partial charge is 0.481 e. The van der Waals surface area contributed by atoms with E-state index in [1.54, 1.807) is 11.8 Å². The molecule has 2 aromatic carbocycles. The summed E-state index contributed by atoms with van der Waals surface area (Å²) in [4.78, 5) is 38.8. The van der Waals surface area contributed by atoms with Crippen LogP contribution in [-0.2, 0) is 14.3 Å². The number of nitrogens with one attached hydrogen (secondary N) is 1. The Hall–Kier alpha value is -3.35. The lowest BCUT2D eigenvalue weighted by Crippen LogP contribution is -2.54. The summed E-state index contributed by atoms with van der Waals surface area (Å²) in [6, 6.07) is 15.5. The van der Waals surface area contributed by atoms with Gasteiger partial charge in [-0.15, -0.1) is 0 Å². The fraction of sp³-hybridized carbons (Fsp3) is 0.423. The summed E-state index contributed by atoms with van der Waals surface area (Å²) < 4.78 is 5.57. The minimum absolute atomic E-state index is 0.0581. The summed E-state index contributed by atoms with van der Waals surface area (Å²) in [7, 11) is 0. The van der Waals surface area contributed by atoms with Crippen LogP contribution in [0.1, 0.15) is 50.2 Å². The average molecular weight is 451 g/mol. The first-order chi connectivity index (χ1) is 15.8. The van der Waals surface area contributed by atoms with Crippen LogP contribution in [0.2, 0.25) is 0 Å². The van der Waals surface area contributed by atoms with E-state index in [1.165, 1.54) is 0 Å². The summed E-state index contributed by atoms with van der Waals surface area (Å²) in [6.07, 6.45) is 0.900. The topological polar surface area (TPSA) is 95.9 Å². The number of hydrogen-bond donors (Lipinski definition) is 2. The Bertz CT molecular complexity index is 1020. The lowest BCUT2D eigenvalue weighted by molar-refractivity contribution is -0.154. The van der Waals surface area contributed by atoms with Gasteiger partial charge < -0.3 is 20.1 Å². The lowest BCUT2D eigenvalue weighted by atomic mass is 9.82. The number of amides is 2. The highest BCUT2D eigenvalue weighted by Crippen LogP contribution is 2.44. The minimum atomic E-state index is -0.962. The third kappa shape index (κ3) is 4.45. The Morgan fingerprint density at radius 1 is 1.12 bits per heavy atom. The molecule has 0 radical (unpaired) electrons. The lowest BCUT2D eigenvalue weighted by Gasteiger charge is -2.38. The third-order valence-electron chi connectivity index (χ3n) is 6.87. The summed E-state index contributed by atoms with van der Waals surface area (Å²) in [5, 5.41) is 12.2. The third-order valence-corrected chi connectivity index (χ3v) is 6.87. The second-order valence-corrected chi connectivity index (χ2v) is 9.16. The van der Waals surface area contributed by atoms with Crippen molar-refractivity contribution in [2.75, 3.05) is 19.7 Å². The van der Waals surface area contributed by atoms with Crippen molar-refractivity contribution in [3.63, 3.8) is 0 Å². The molecule has 1 aliphatic carbocycles. The summed E-state index contributed by atoms with van der Waals surface area (Å²) in [5.41, 5.74) is 3.58. The number of nitrogens with zero attached hydrogens (tertiary/aromatic N) is 1. The first-order valence-electron chi connectivity index (χ1n) is 11.5. The molecular weight excluding hydrogens is 420 g/mol. The molecular formula is C26H30N2O5. The van der Waals surface area contributed by atoms with E-state index in [1.807, 2.05) is 31.2 Å². The van der Waals surface area contributed by atoms with Gasteiger partial charge in [-0.25, -0.2) is 4.79 Å². The van der Waals surface area contributed by atoms with Crippen molar-refractivity contribution in [3.05, 3.63) is 59.7 Å². The average Bonchev–Trinajstić information content (AvgIpc) is 3.14. The molecule has 0 aromatic heterocycles. The van der Waals surface area contributed by atoms with Gasteiger partial charge in [-0.1, -0.05) is 55.5 Å². The van der Waals surface area contributed by atoms with Gasteiger partial charge in [0.25, 0.3) is 0 Å². The van der Waals surface area contributed by atoms with Gasteiger partial charge in [0.1, 0.15) is 12.6 Å². The zero-order valence-corrected chi connectivity index (χ0v) is 19.0. The second-order valence-electron chi connectivity index (χ2n) is 9.16. The van der Waals surface area contributed by atoms with Crippen molar-refractivity contribution >= 4 is 18.0 Å². The number of aliphatic carboxylic acids is 1. The van der Waals surface area contributed by atoms with Gasteiger partial charge in [0.2, 0.25) is 5.91 Å². The van der Waals surface area contributed by atoms with E-state index in [4.69, 9.17) is 4.74 Å². The summed E-state index contributed by atoms with van der Waals surface area (Å²) >= 11 is 0. The molecule has 1 aliphatic heterocycles. The fourth-order valence-electron chi connectivity index (χ4n) is 4.94. The maximum Gasteiger partial charge on any atom is 0.407 e. The van der Waals surface area contributed by atoms with Crippen LogP contribution in [0.25, 0.3) is 11.1 Å². The fourth-order valence-corrected chi connectivity index (χ4v) is 4.94. The van der Waals surface area contributed by atoms with E-state index < -0.39 is 23.5 Å². The highest BCUT2D eigenvalue weighted by molar-refractivity contribution is 5.87. The van der Waals surface area contributed by atoms with Crippen LogP contribution >= 0.6 is 0 Å². The number of hydrogen-bond acceptors (Lipinski definition) is 4. The van der Waals surface area contributed by atoms with Gasteiger partial charge in [-0.2, -0.15) is 0 Å². The van der Waals surface area contributed by atoms with E-state index in [2.05, 4.69) is 29.6 Å². The molecule has 0 spiro atoms. The van der Waals surface area contributed by atoms with Gasteiger partial charge >= 0.3 is 12.1 Å². The zero-order valence-electron chi connectivity index (χ0n) is 19.0. The van der Waals surface area contributed by atoms with Crippen molar-refractivity contribution in [1.82, 2.24) is 10.2 Å². The number of carboxylic acids is 1. The zero-order chi connectivity index (χ0) is 23.6. The first kappa shape index (κ1) is 22.8. The molecule has 0 bridgehead atoms. The number of carboxylic acid groups (broad SMARTS) is 1. The number of likely N-dealkylation sites (tertiary alicyclic amines) is 1. The standard InChI is InChI=1S/C26H30N2O5/c1-3-22(23(29)28-14-8-13-26(2,16-28)24(30)31)27-25(32)33-15-21-19-11-6-4-9-17(19)18-10-5-7-12-20(18)21/h4-7,9-12,21-22H,3,8,13-16H2,1-2H3,(H,27,32)(H,30,31). The van der Waals surface area contributed by atoms with Crippen molar-refractivity contribution in [1.29, 1.82) is 0 Å². The second kappa shape index (κ2) is 9.25. The Kier molecular flexibility index (Phi) is 6.40. The molecule has 2 amide bonds. The Labute approximate surface area is 193 Å². The molecule has 0 saturated carbocycles. The number of piperidine rings is 1. The molecule has 33 heavy (non-hydrogen) atoms. The van der Waals surface area contributed by atoms with Crippen molar-refractivity contribution in [3.8, 4) is 11.1 Å². The summed E-state index contributed by atoms with van der Waals surface area (Å²) in [6.45, 7) is 4.28. The van der Waals surface area contributed by atoms with Crippen molar-refractivity contribution in [2.45, 2.75) is 45.1 Å². The highest BCUT2D eigenvalue weighted by atomic mass is 16.5. The van der Waals surface area contributed by atoms with Gasteiger partial charge in [-0.05, 0) is 48.4 Å². The van der Waals surface area contributed by atoms with E-state index in [-0.39, 0.29) is 25.0 Å². The molecule has 4 rings (SSSR count). The number of alkyl carbamates (subject to hydrolysis) is 1. The Morgan fingerprint density at radius 3 is 2.30 bits per heavy atom. The van der Waals surface area contributed by atoms with Gasteiger partial charge in [0.15, 0.2) is 0 Å². The smallest absolute Gasteiger partial charge is 0.407 e. The molecule has 2 aromatic rings. The molecule has 1 fully saturated rings. The van der Waals surface area contributed by atoms with Crippen LogP contribution in [0, 0.1) is 5.41 Å². The molecule has 2 aliphatic rings. The Balaban J connectivity index is 1.39. The number of carbonyl (C=O) groups excluding carboxylic acids is 2. The monoisotopic (exact) mass is 450 g/mol. The van der Waals surface area contributed by atoms with E-state index in [9.17, 15) is 19.5 Å². The minimum Gasteiger partial charge on any atom is -0.481 e. The predicted octanol–water partition coefficient (Wildman–Crippen LogP) is 4.02. The normalized spacial score (nSPS) is 20.5.